The van der Waals surface area contributed by atoms with Gasteiger partial charge in [0, 0.05) is 0 Å². The molecule has 2 aromatic carbocycles. The van der Waals surface area contributed by atoms with E-state index in [4.69, 9.17) is 18.1 Å². The van der Waals surface area contributed by atoms with E-state index in [0.29, 0.717) is 37.0 Å². The lowest BCUT2D eigenvalue weighted by Crippen LogP contribution is -2.12. The minimum atomic E-state index is -3.42. The molecule has 0 aliphatic carbocycles. The molecule has 0 aliphatic heterocycles. The second-order valence-electron chi connectivity index (χ2n) is 11.7. The highest BCUT2D eigenvalue weighted by Gasteiger charge is 2.29. The van der Waals surface area contributed by atoms with Crippen LogP contribution in [0.4, 0.5) is 0 Å². The normalized spacial score (nSPS) is 12.2. The van der Waals surface area contributed by atoms with Gasteiger partial charge in [-0.25, -0.2) is 0 Å². The van der Waals surface area contributed by atoms with Crippen molar-refractivity contribution in [2.24, 2.45) is 0 Å². The van der Waals surface area contributed by atoms with Crippen LogP contribution in [0.5, 0.6) is 0 Å². The summed E-state index contributed by atoms with van der Waals surface area (Å²) in [5.41, 5.74) is 1.93. The van der Waals surface area contributed by atoms with E-state index in [9.17, 15) is 9.13 Å². The molecule has 0 saturated heterocycles. The van der Waals surface area contributed by atoms with Crippen LogP contribution in [0.25, 0.3) is 11.1 Å². The Morgan fingerprint density at radius 3 is 0.864 bits per heavy atom. The highest BCUT2D eigenvalue weighted by atomic mass is 31.2. The minimum absolute atomic E-state index is 0.427. The molecule has 0 fully saturated rings. The van der Waals surface area contributed by atoms with Crippen LogP contribution in [-0.2, 0) is 27.2 Å². The lowest BCUT2D eigenvalue weighted by atomic mass is 10.1. The van der Waals surface area contributed by atoms with Gasteiger partial charge in [-0.05, 0) is 61.1 Å². The van der Waals surface area contributed by atoms with Crippen molar-refractivity contribution in [3.63, 3.8) is 0 Å². The molecule has 0 atom stereocenters. The molecule has 8 heteroatoms. The molecular weight excluding hydrogens is 590 g/mol. The smallest absolute Gasteiger partial charge is 0.305 e. The zero-order valence-corrected chi connectivity index (χ0v) is 29.9. The molecule has 2 rings (SSSR count). The summed E-state index contributed by atoms with van der Waals surface area (Å²) in [6.45, 7) is 10.4. The van der Waals surface area contributed by atoms with Gasteiger partial charge in [0.25, 0.3) is 0 Å². The van der Waals surface area contributed by atoms with Crippen molar-refractivity contribution in [2.45, 2.75) is 130 Å². The van der Waals surface area contributed by atoms with Crippen LogP contribution in [0, 0.1) is 0 Å². The third-order valence-corrected chi connectivity index (χ3v) is 11.7. The molecule has 2 aromatic rings. The van der Waals surface area contributed by atoms with Crippen LogP contribution in [-0.4, -0.2) is 26.4 Å². The molecule has 0 saturated carbocycles. The van der Waals surface area contributed by atoms with Gasteiger partial charge in [0.1, 0.15) is 0 Å². The van der Waals surface area contributed by atoms with Crippen molar-refractivity contribution in [3.8, 4) is 11.1 Å². The molecular formula is C36H60O6P2. The number of hydrogen-bond donors (Lipinski definition) is 0. The maximum absolute atomic E-state index is 13.9. The van der Waals surface area contributed by atoms with E-state index >= 15 is 0 Å². The van der Waals surface area contributed by atoms with Gasteiger partial charge in [-0.15, -0.1) is 0 Å². The van der Waals surface area contributed by atoms with Crippen LogP contribution in [0.15, 0.2) is 48.5 Å². The zero-order chi connectivity index (χ0) is 31.9. The quantitative estimate of drug-likeness (QED) is 0.0708. The predicted octanol–water partition coefficient (Wildman–Crippen LogP) is 11.4. The Morgan fingerprint density at radius 2 is 0.636 bits per heavy atom. The monoisotopic (exact) mass is 650 g/mol. The molecule has 0 aromatic heterocycles. The largest absolute Gasteiger partial charge is 0.361 e. The summed E-state index contributed by atoms with van der Waals surface area (Å²) in [6, 6.07) is 15.2. The fourth-order valence-electron chi connectivity index (χ4n) is 4.90. The van der Waals surface area contributed by atoms with E-state index in [1.165, 1.54) is 0 Å². The van der Waals surface area contributed by atoms with Crippen molar-refractivity contribution in [1.82, 2.24) is 0 Å². The first-order chi connectivity index (χ1) is 21.4. The van der Waals surface area contributed by atoms with Gasteiger partial charge < -0.3 is 18.1 Å². The number of unbranched alkanes of at least 4 members (excludes halogenated alkanes) is 12. The van der Waals surface area contributed by atoms with E-state index in [1.807, 2.05) is 48.5 Å². The molecule has 0 amide bonds. The Morgan fingerprint density at radius 1 is 0.386 bits per heavy atom. The predicted molar refractivity (Wildman–Crippen MR) is 187 cm³/mol. The summed E-state index contributed by atoms with van der Waals surface area (Å²) in [5, 5.41) is 1.17. The van der Waals surface area contributed by atoms with Crippen LogP contribution in [0.1, 0.15) is 130 Å². The van der Waals surface area contributed by atoms with Crippen molar-refractivity contribution >= 4 is 25.8 Å². The first kappa shape index (κ1) is 38.9. The molecule has 0 heterocycles. The molecule has 0 radical (unpaired) electrons. The molecule has 44 heavy (non-hydrogen) atoms. The first-order valence-electron chi connectivity index (χ1n) is 17.4. The Labute approximate surface area is 269 Å². The second kappa shape index (κ2) is 23.1. The second-order valence-corrected chi connectivity index (χ2v) is 15.7. The number of hydrogen-bond acceptors (Lipinski definition) is 6. The van der Waals surface area contributed by atoms with E-state index < -0.39 is 15.2 Å². The molecule has 6 nitrogen and oxygen atoms in total. The van der Waals surface area contributed by atoms with E-state index in [1.54, 1.807) is 0 Å². The Bertz CT molecular complexity index is 963. The number of benzene rings is 2. The Kier molecular flexibility index (Phi) is 20.5. The summed E-state index contributed by atoms with van der Waals surface area (Å²) >= 11 is 0. The van der Waals surface area contributed by atoms with Crippen molar-refractivity contribution in [1.29, 1.82) is 0 Å². The van der Waals surface area contributed by atoms with Gasteiger partial charge in [0.15, 0.2) is 0 Å². The summed E-state index contributed by atoms with van der Waals surface area (Å²) in [6.07, 6.45) is 16.9. The Balaban J connectivity index is 2.14. The van der Waals surface area contributed by atoms with E-state index in [-0.39, 0.29) is 0 Å². The van der Waals surface area contributed by atoms with Gasteiger partial charge in [-0.3, -0.25) is 9.13 Å². The van der Waals surface area contributed by atoms with Gasteiger partial charge >= 0.3 is 15.2 Å². The zero-order valence-electron chi connectivity index (χ0n) is 28.1. The molecule has 250 valence electrons. The topological polar surface area (TPSA) is 71.1 Å². The summed E-state index contributed by atoms with van der Waals surface area (Å²) in [4.78, 5) is 0. The third kappa shape index (κ3) is 14.4. The van der Waals surface area contributed by atoms with Crippen LogP contribution >= 0.6 is 15.2 Å². The molecule has 0 N–H and O–H groups in total. The average molecular weight is 651 g/mol. The van der Waals surface area contributed by atoms with Crippen LogP contribution in [0.3, 0.4) is 0 Å². The maximum Gasteiger partial charge on any atom is 0.361 e. The summed E-state index contributed by atoms with van der Waals surface area (Å²) in [5.74, 6) is 0. The molecule has 0 spiro atoms. The minimum Gasteiger partial charge on any atom is -0.305 e. The van der Waals surface area contributed by atoms with Gasteiger partial charge in [0.05, 0.1) is 37.0 Å². The summed E-state index contributed by atoms with van der Waals surface area (Å²) in [7, 11) is -6.83. The summed E-state index contributed by atoms with van der Waals surface area (Å²) < 4.78 is 51.5. The lowest BCUT2D eigenvalue weighted by Gasteiger charge is -2.20. The van der Waals surface area contributed by atoms with Gasteiger partial charge in [-0.2, -0.15) is 0 Å². The van der Waals surface area contributed by atoms with Crippen molar-refractivity contribution in [2.75, 3.05) is 26.4 Å². The SMILES string of the molecule is CCCCCCOP(=O)(OCCCCCC)c1ccc(-c2ccc(P(=O)(OCCCCCC)OCCCCCC)cc2)cc1. The fourth-order valence-corrected chi connectivity index (χ4v) is 8.15. The van der Waals surface area contributed by atoms with Crippen molar-refractivity contribution < 1.29 is 27.2 Å². The lowest BCUT2D eigenvalue weighted by molar-refractivity contribution is 0.205. The first-order valence-corrected chi connectivity index (χ1v) is 20.5. The average Bonchev–Trinajstić information content (AvgIpc) is 3.04. The Hall–Kier alpha value is -1.26. The van der Waals surface area contributed by atoms with Crippen LogP contribution < -0.4 is 10.6 Å². The fraction of sp³-hybridized carbons (Fsp3) is 0.667. The van der Waals surface area contributed by atoms with Crippen LogP contribution in [0.2, 0.25) is 0 Å². The van der Waals surface area contributed by atoms with Crippen molar-refractivity contribution in [3.05, 3.63) is 48.5 Å². The third-order valence-electron chi connectivity index (χ3n) is 7.74. The number of rotatable bonds is 27. The maximum atomic E-state index is 13.9. The van der Waals surface area contributed by atoms with E-state index in [0.717, 1.165) is 114 Å². The molecule has 0 unspecified atom stereocenters. The van der Waals surface area contributed by atoms with Gasteiger partial charge in [-0.1, -0.05) is 129 Å². The van der Waals surface area contributed by atoms with E-state index in [2.05, 4.69) is 27.7 Å². The standard InChI is InChI=1S/C36H60O6P2/c1-5-9-13-17-29-39-43(37,40-30-18-14-10-6-2)35-25-21-33(22-26-35)34-23-27-36(28-24-34)44(38,41-31-19-15-11-7-3)42-32-20-16-12-8-4/h21-28H,5-20,29-32H2,1-4H3. The molecule has 0 aliphatic rings. The molecule has 0 bridgehead atoms. The highest BCUT2D eigenvalue weighted by molar-refractivity contribution is 7.62. The van der Waals surface area contributed by atoms with Gasteiger partial charge in [0.2, 0.25) is 0 Å². The highest BCUT2D eigenvalue weighted by Crippen LogP contribution is 2.49.